The van der Waals surface area contributed by atoms with Crippen LogP contribution in [0.15, 0.2) is 79.3 Å². The fraction of sp³-hybridized carbons (Fsp3) is 0.0952. The van der Waals surface area contributed by atoms with Crippen molar-refractivity contribution in [3.8, 4) is 5.69 Å². The second kappa shape index (κ2) is 7.97. The minimum Gasteiger partial charge on any atom is -0.302 e. The van der Waals surface area contributed by atoms with Crippen molar-refractivity contribution in [2.45, 2.75) is 12.8 Å². The lowest BCUT2D eigenvalue weighted by Crippen LogP contribution is -2.13. The number of benzene rings is 2. The van der Waals surface area contributed by atoms with E-state index in [4.69, 9.17) is 0 Å². The normalized spacial score (nSPS) is 10.7. The summed E-state index contributed by atoms with van der Waals surface area (Å²) < 4.78 is 1.77. The van der Waals surface area contributed by atoms with Gasteiger partial charge in [-0.2, -0.15) is 5.10 Å². The van der Waals surface area contributed by atoms with E-state index >= 15 is 0 Å². The molecule has 0 spiro atoms. The van der Waals surface area contributed by atoms with Crippen LogP contribution in [0.3, 0.4) is 0 Å². The zero-order valence-electron chi connectivity index (χ0n) is 14.6. The largest absolute Gasteiger partial charge is 0.302 e. The average Bonchev–Trinajstić information content (AvgIpc) is 3.33. The maximum Gasteiger partial charge on any atom is 0.230 e. The van der Waals surface area contributed by atoms with Gasteiger partial charge < -0.3 is 5.32 Å². The van der Waals surface area contributed by atoms with Crippen LogP contribution in [0.4, 0.5) is 5.13 Å². The van der Waals surface area contributed by atoms with Gasteiger partial charge in [0, 0.05) is 23.7 Å². The zero-order chi connectivity index (χ0) is 18.5. The number of anilines is 1. The predicted molar refractivity (Wildman–Crippen MR) is 107 cm³/mol. The molecule has 5 nitrogen and oxygen atoms in total. The second-order valence-electron chi connectivity index (χ2n) is 6.15. The molecule has 0 saturated carbocycles. The highest BCUT2D eigenvalue weighted by Gasteiger charge is 2.10. The van der Waals surface area contributed by atoms with Crippen molar-refractivity contribution >= 4 is 22.4 Å². The van der Waals surface area contributed by atoms with Crippen molar-refractivity contribution in [3.05, 3.63) is 95.3 Å². The molecule has 2 aromatic carbocycles. The molecule has 0 aliphatic rings. The molecule has 1 N–H and O–H groups in total. The third kappa shape index (κ3) is 4.48. The number of amides is 1. The van der Waals surface area contributed by atoms with Gasteiger partial charge in [0.25, 0.3) is 0 Å². The molecule has 0 fully saturated rings. The van der Waals surface area contributed by atoms with Crippen LogP contribution >= 0.6 is 11.3 Å². The molecule has 4 aromatic rings. The molecule has 134 valence electrons. The Hall–Kier alpha value is -3.25. The first-order valence-electron chi connectivity index (χ1n) is 8.64. The molecular weight excluding hydrogens is 356 g/mol. The lowest BCUT2D eigenvalue weighted by atomic mass is 10.1. The standard InChI is InChI=1S/C21H18N4OS/c26-20(12-17-13-23-25(15-17)18-9-5-2-6-10-18)24-21-22-14-19(27-21)11-16-7-3-1-4-8-16/h1-10,13-15H,11-12H2,(H,22,24,26). The molecule has 0 saturated heterocycles. The molecule has 0 bridgehead atoms. The minimum absolute atomic E-state index is 0.0942. The van der Waals surface area contributed by atoms with Crippen molar-refractivity contribution in [2.24, 2.45) is 0 Å². The van der Waals surface area contributed by atoms with Gasteiger partial charge >= 0.3 is 0 Å². The number of thiazole rings is 1. The Kier molecular flexibility index (Phi) is 5.07. The number of aromatic nitrogens is 3. The van der Waals surface area contributed by atoms with Gasteiger partial charge in [-0.25, -0.2) is 9.67 Å². The van der Waals surface area contributed by atoms with Crippen LogP contribution in [0.5, 0.6) is 0 Å². The SMILES string of the molecule is O=C(Cc1cnn(-c2ccccc2)c1)Nc1ncc(Cc2ccccc2)s1. The first-order valence-corrected chi connectivity index (χ1v) is 9.45. The van der Waals surface area contributed by atoms with Gasteiger partial charge in [-0.05, 0) is 23.3 Å². The number of hydrogen-bond acceptors (Lipinski definition) is 4. The Balaban J connectivity index is 1.35. The highest BCUT2D eigenvalue weighted by molar-refractivity contribution is 7.15. The molecule has 0 aliphatic heterocycles. The van der Waals surface area contributed by atoms with Crippen LogP contribution in [0, 0.1) is 0 Å². The molecule has 0 unspecified atom stereocenters. The maximum atomic E-state index is 12.3. The summed E-state index contributed by atoms with van der Waals surface area (Å²) in [5, 5.41) is 7.82. The maximum absolute atomic E-state index is 12.3. The first kappa shape index (κ1) is 17.2. The second-order valence-corrected chi connectivity index (χ2v) is 7.26. The molecule has 2 heterocycles. The van der Waals surface area contributed by atoms with Gasteiger partial charge in [0.1, 0.15) is 0 Å². The summed E-state index contributed by atoms with van der Waals surface area (Å²) in [6, 6.07) is 20.0. The fourth-order valence-corrected chi connectivity index (χ4v) is 3.63. The first-order chi connectivity index (χ1) is 13.3. The molecule has 1 amide bonds. The Morgan fingerprint density at radius 1 is 0.963 bits per heavy atom. The fourth-order valence-electron chi connectivity index (χ4n) is 2.77. The van der Waals surface area contributed by atoms with Crippen LogP contribution in [-0.2, 0) is 17.6 Å². The van der Waals surface area contributed by atoms with Crippen molar-refractivity contribution in [1.29, 1.82) is 0 Å². The lowest BCUT2D eigenvalue weighted by molar-refractivity contribution is -0.115. The van der Waals surface area contributed by atoms with Gasteiger partial charge in [-0.3, -0.25) is 4.79 Å². The minimum atomic E-state index is -0.0942. The molecule has 27 heavy (non-hydrogen) atoms. The van der Waals surface area contributed by atoms with E-state index in [2.05, 4.69) is 27.5 Å². The Morgan fingerprint density at radius 3 is 2.48 bits per heavy atom. The van der Waals surface area contributed by atoms with Crippen molar-refractivity contribution in [2.75, 3.05) is 5.32 Å². The summed E-state index contributed by atoms with van der Waals surface area (Å²) in [7, 11) is 0. The smallest absolute Gasteiger partial charge is 0.230 e. The molecule has 2 aromatic heterocycles. The number of carbonyl (C=O) groups is 1. The third-order valence-corrected chi connectivity index (χ3v) is 4.96. The summed E-state index contributed by atoms with van der Waals surface area (Å²) in [6.07, 6.45) is 6.49. The van der Waals surface area contributed by atoms with Gasteiger partial charge in [0.05, 0.1) is 18.3 Å². The highest BCUT2D eigenvalue weighted by Crippen LogP contribution is 2.21. The van der Waals surface area contributed by atoms with E-state index in [1.165, 1.54) is 16.9 Å². The molecule has 4 rings (SSSR count). The highest BCUT2D eigenvalue weighted by atomic mass is 32.1. The van der Waals surface area contributed by atoms with Crippen molar-refractivity contribution < 1.29 is 4.79 Å². The van der Waals surface area contributed by atoms with E-state index < -0.39 is 0 Å². The quantitative estimate of drug-likeness (QED) is 0.553. The lowest BCUT2D eigenvalue weighted by Gasteiger charge is -2.00. The van der Waals surface area contributed by atoms with Crippen LogP contribution in [-0.4, -0.2) is 20.7 Å². The van der Waals surface area contributed by atoms with Crippen LogP contribution in [0.25, 0.3) is 5.69 Å². The topological polar surface area (TPSA) is 59.8 Å². The monoisotopic (exact) mass is 374 g/mol. The summed E-state index contributed by atoms with van der Waals surface area (Å²) in [5.41, 5.74) is 3.06. The molecule has 0 atom stereocenters. The number of rotatable bonds is 6. The van der Waals surface area contributed by atoms with E-state index in [0.29, 0.717) is 5.13 Å². The van der Waals surface area contributed by atoms with Gasteiger partial charge in [0.15, 0.2) is 5.13 Å². The number of carbonyl (C=O) groups excluding carboxylic acids is 1. The summed E-state index contributed by atoms with van der Waals surface area (Å²) in [6.45, 7) is 0. The van der Waals surface area contributed by atoms with E-state index in [1.807, 2.05) is 60.9 Å². The number of nitrogens with zero attached hydrogens (tertiary/aromatic N) is 3. The molecular formula is C21H18N4OS. The molecule has 6 heteroatoms. The summed E-state index contributed by atoms with van der Waals surface area (Å²) in [4.78, 5) is 17.7. The Labute approximate surface area is 161 Å². The summed E-state index contributed by atoms with van der Waals surface area (Å²) >= 11 is 1.50. The Morgan fingerprint density at radius 2 is 1.70 bits per heavy atom. The summed E-state index contributed by atoms with van der Waals surface area (Å²) in [5.74, 6) is -0.0942. The van der Waals surface area contributed by atoms with E-state index in [-0.39, 0.29) is 12.3 Å². The predicted octanol–water partition coefficient (Wildman–Crippen LogP) is 4.10. The van der Waals surface area contributed by atoms with E-state index in [1.54, 1.807) is 10.9 Å². The van der Waals surface area contributed by atoms with Gasteiger partial charge in [0.2, 0.25) is 5.91 Å². The van der Waals surface area contributed by atoms with Gasteiger partial charge in [-0.15, -0.1) is 11.3 Å². The van der Waals surface area contributed by atoms with E-state index in [0.717, 1.165) is 22.5 Å². The van der Waals surface area contributed by atoms with Crippen LogP contribution in [0.1, 0.15) is 16.0 Å². The van der Waals surface area contributed by atoms with Crippen molar-refractivity contribution in [1.82, 2.24) is 14.8 Å². The Bertz CT molecular complexity index is 1020. The van der Waals surface area contributed by atoms with E-state index in [9.17, 15) is 4.79 Å². The molecule has 0 radical (unpaired) electrons. The van der Waals surface area contributed by atoms with Crippen molar-refractivity contribution in [3.63, 3.8) is 0 Å². The number of para-hydroxylation sites is 1. The third-order valence-electron chi connectivity index (χ3n) is 4.04. The van der Waals surface area contributed by atoms with Crippen LogP contribution < -0.4 is 5.32 Å². The number of nitrogens with one attached hydrogen (secondary N) is 1. The molecule has 0 aliphatic carbocycles. The van der Waals surface area contributed by atoms with Crippen LogP contribution in [0.2, 0.25) is 0 Å². The number of hydrogen-bond donors (Lipinski definition) is 1. The average molecular weight is 374 g/mol. The van der Waals surface area contributed by atoms with Gasteiger partial charge in [-0.1, -0.05) is 48.5 Å². The zero-order valence-corrected chi connectivity index (χ0v) is 15.4.